The highest BCUT2D eigenvalue weighted by molar-refractivity contribution is 7.99. The van der Waals surface area contributed by atoms with Crippen molar-refractivity contribution in [2.24, 2.45) is 0 Å². The Morgan fingerprint density at radius 2 is 2.13 bits per heavy atom. The van der Waals surface area contributed by atoms with Crippen LogP contribution in [0.15, 0.2) is 28.2 Å². The first-order valence-corrected chi connectivity index (χ1v) is 8.39. The van der Waals surface area contributed by atoms with Crippen LogP contribution in [0.5, 0.6) is 0 Å². The lowest BCUT2D eigenvalue weighted by Crippen LogP contribution is -2.18. The second-order valence-corrected chi connectivity index (χ2v) is 6.26. The molecule has 2 rings (SSSR count). The van der Waals surface area contributed by atoms with Gasteiger partial charge >= 0.3 is 5.69 Å². The third-order valence-electron chi connectivity index (χ3n) is 3.61. The van der Waals surface area contributed by atoms with E-state index in [2.05, 4.69) is 10.2 Å². The Morgan fingerprint density at radius 3 is 2.83 bits per heavy atom. The number of aryl methyl sites for hydroxylation is 2. The zero-order valence-corrected chi connectivity index (χ0v) is 14.4. The number of aromatic nitrogens is 3. The predicted octanol–water partition coefficient (Wildman–Crippen LogP) is 2.20. The van der Waals surface area contributed by atoms with Gasteiger partial charge < -0.3 is 4.74 Å². The number of ketones is 1. The van der Waals surface area contributed by atoms with Crippen LogP contribution in [0.2, 0.25) is 0 Å². The van der Waals surface area contributed by atoms with Crippen LogP contribution < -0.4 is 5.69 Å². The number of methoxy groups -OCH3 is 1. The number of benzene rings is 1. The van der Waals surface area contributed by atoms with Crippen LogP contribution in [0, 0.1) is 13.8 Å². The molecule has 0 aliphatic heterocycles. The Hall–Kier alpha value is -1.86. The number of carbonyl (C=O) groups is 1. The zero-order chi connectivity index (χ0) is 16.8. The fraction of sp³-hybridized carbons (Fsp3) is 0.438. The maximum absolute atomic E-state index is 12.3. The number of ether oxygens (including phenoxy) is 1. The van der Waals surface area contributed by atoms with E-state index in [1.54, 1.807) is 7.11 Å². The summed E-state index contributed by atoms with van der Waals surface area (Å²) in [7, 11) is 1.62. The average Bonchev–Trinajstić information content (AvgIpc) is 2.88. The number of Topliss-reactive ketones (excluding diaryl/α,β-unsaturated/α-hetero) is 1. The molecule has 0 aliphatic carbocycles. The van der Waals surface area contributed by atoms with Gasteiger partial charge in [-0.25, -0.2) is 9.89 Å². The first-order valence-electron chi connectivity index (χ1n) is 7.40. The average molecular weight is 335 g/mol. The van der Waals surface area contributed by atoms with E-state index in [4.69, 9.17) is 4.74 Å². The second kappa shape index (κ2) is 8.12. The molecule has 0 fully saturated rings. The van der Waals surface area contributed by atoms with Gasteiger partial charge in [-0.15, -0.1) is 5.10 Å². The lowest BCUT2D eigenvalue weighted by atomic mass is 10.0. The van der Waals surface area contributed by atoms with Crippen molar-refractivity contribution in [1.82, 2.24) is 14.8 Å². The van der Waals surface area contributed by atoms with Crippen LogP contribution in [-0.2, 0) is 11.3 Å². The molecule has 0 bridgehead atoms. The zero-order valence-electron chi connectivity index (χ0n) is 13.6. The van der Waals surface area contributed by atoms with Gasteiger partial charge in [0.1, 0.15) is 0 Å². The summed E-state index contributed by atoms with van der Waals surface area (Å²) in [6.07, 6.45) is 0.717. The minimum absolute atomic E-state index is 0.0250. The number of H-pyrrole nitrogens is 1. The van der Waals surface area contributed by atoms with Crippen LogP contribution in [0.1, 0.15) is 27.9 Å². The SMILES string of the molecule is COCCCn1c(SCC(=O)c2ccc(C)c(C)c2)n[nH]c1=O. The monoisotopic (exact) mass is 335 g/mol. The van der Waals surface area contributed by atoms with Crippen molar-refractivity contribution in [2.45, 2.75) is 32.0 Å². The number of aromatic amines is 1. The molecule has 0 amide bonds. The summed E-state index contributed by atoms with van der Waals surface area (Å²) in [5.41, 5.74) is 2.68. The summed E-state index contributed by atoms with van der Waals surface area (Å²) in [4.78, 5) is 24.0. The van der Waals surface area contributed by atoms with Crippen LogP contribution in [0.3, 0.4) is 0 Å². The molecule has 1 aromatic heterocycles. The molecule has 124 valence electrons. The van der Waals surface area contributed by atoms with Crippen molar-refractivity contribution in [2.75, 3.05) is 19.5 Å². The van der Waals surface area contributed by atoms with Gasteiger partial charge in [0.05, 0.1) is 5.75 Å². The molecule has 0 radical (unpaired) electrons. The summed E-state index contributed by atoms with van der Waals surface area (Å²) in [6.45, 7) is 5.09. The maximum atomic E-state index is 12.3. The van der Waals surface area contributed by atoms with Crippen LogP contribution in [0.25, 0.3) is 0 Å². The Morgan fingerprint density at radius 1 is 1.35 bits per heavy atom. The van der Waals surface area contributed by atoms with Gasteiger partial charge in [-0.3, -0.25) is 9.36 Å². The molecule has 0 atom stereocenters. The van der Waals surface area contributed by atoms with Crippen LogP contribution >= 0.6 is 11.8 Å². The molecule has 6 nitrogen and oxygen atoms in total. The van der Waals surface area contributed by atoms with E-state index >= 15 is 0 Å². The van der Waals surface area contributed by atoms with Crippen molar-refractivity contribution >= 4 is 17.5 Å². The summed E-state index contributed by atoms with van der Waals surface area (Å²) in [6, 6.07) is 5.68. The van der Waals surface area contributed by atoms with Crippen LogP contribution in [0.4, 0.5) is 0 Å². The Balaban J connectivity index is 2.01. The van der Waals surface area contributed by atoms with E-state index < -0.39 is 0 Å². The molecule has 2 aromatic rings. The van der Waals surface area contributed by atoms with E-state index in [0.717, 1.165) is 11.1 Å². The summed E-state index contributed by atoms with van der Waals surface area (Å²) in [5, 5.41) is 6.95. The normalized spacial score (nSPS) is 10.9. The van der Waals surface area contributed by atoms with Gasteiger partial charge in [0, 0.05) is 25.8 Å². The Labute approximate surface area is 139 Å². The van der Waals surface area contributed by atoms with Gasteiger partial charge in [-0.05, 0) is 37.5 Å². The molecule has 0 saturated heterocycles. The van der Waals surface area contributed by atoms with Crippen molar-refractivity contribution in [3.8, 4) is 0 Å². The number of hydrogen-bond acceptors (Lipinski definition) is 5. The van der Waals surface area contributed by atoms with Gasteiger partial charge in [-0.2, -0.15) is 0 Å². The molecule has 23 heavy (non-hydrogen) atoms. The molecule has 0 unspecified atom stereocenters. The highest BCUT2D eigenvalue weighted by atomic mass is 32.2. The largest absolute Gasteiger partial charge is 0.385 e. The lowest BCUT2D eigenvalue weighted by molar-refractivity contribution is 0.102. The minimum Gasteiger partial charge on any atom is -0.385 e. The third-order valence-corrected chi connectivity index (χ3v) is 4.59. The van der Waals surface area contributed by atoms with Crippen molar-refractivity contribution in [3.63, 3.8) is 0 Å². The molecular formula is C16H21N3O3S. The summed E-state index contributed by atoms with van der Waals surface area (Å²) >= 11 is 1.27. The number of hydrogen-bond donors (Lipinski definition) is 1. The molecule has 1 aromatic carbocycles. The number of thioether (sulfide) groups is 1. The minimum atomic E-state index is -0.262. The molecule has 1 N–H and O–H groups in total. The van der Waals surface area contributed by atoms with Crippen molar-refractivity contribution < 1.29 is 9.53 Å². The lowest BCUT2D eigenvalue weighted by Gasteiger charge is -2.06. The van der Waals surface area contributed by atoms with E-state index in [9.17, 15) is 9.59 Å². The van der Waals surface area contributed by atoms with Gasteiger partial charge in [0.25, 0.3) is 0 Å². The molecule has 0 saturated carbocycles. The smallest absolute Gasteiger partial charge is 0.343 e. The number of nitrogens with one attached hydrogen (secondary N) is 1. The molecule has 1 heterocycles. The third kappa shape index (κ3) is 4.56. The van der Waals surface area contributed by atoms with Gasteiger partial charge in [-0.1, -0.05) is 23.9 Å². The van der Waals surface area contributed by atoms with Crippen molar-refractivity contribution in [1.29, 1.82) is 0 Å². The molecule has 7 heteroatoms. The molecule has 0 spiro atoms. The number of rotatable bonds is 8. The van der Waals surface area contributed by atoms with Crippen molar-refractivity contribution in [3.05, 3.63) is 45.4 Å². The molecule has 0 aliphatic rings. The Bertz CT molecular complexity index is 736. The quantitative estimate of drug-likeness (QED) is 0.455. The first-order chi connectivity index (χ1) is 11.0. The highest BCUT2D eigenvalue weighted by Crippen LogP contribution is 2.17. The topological polar surface area (TPSA) is 77.0 Å². The summed E-state index contributed by atoms with van der Waals surface area (Å²) in [5.74, 6) is 0.272. The number of carbonyl (C=O) groups excluding carboxylic acids is 1. The van der Waals surface area contributed by atoms with Gasteiger partial charge in [0.15, 0.2) is 10.9 Å². The first kappa shape index (κ1) is 17.5. The van der Waals surface area contributed by atoms with Gasteiger partial charge in [0.2, 0.25) is 0 Å². The van der Waals surface area contributed by atoms with Crippen LogP contribution in [-0.4, -0.2) is 40.0 Å². The highest BCUT2D eigenvalue weighted by Gasteiger charge is 2.13. The maximum Gasteiger partial charge on any atom is 0.343 e. The van der Waals surface area contributed by atoms with E-state index in [-0.39, 0.29) is 17.2 Å². The van der Waals surface area contributed by atoms with E-state index in [1.165, 1.54) is 16.3 Å². The standard InChI is InChI=1S/C16H21N3O3S/c1-11-5-6-13(9-12(11)2)14(20)10-23-16-18-17-15(21)19(16)7-4-8-22-3/h5-6,9H,4,7-8,10H2,1-3H3,(H,17,21). The fourth-order valence-electron chi connectivity index (χ4n) is 2.11. The molecular weight excluding hydrogens is 314 g/mol. The number of nitrogens with zero attached hydrogens (tertiary/aromatic N) is 2. The van der Waals surface area contributed by atoms with E-state index in [0.29, 0.717) is 30.3 Å². The Kier molecular flexibility index (Phi) is 6.18. The van der Waals surface area contributed by atoms with E-state index in [1.807, 2.05) is 32.0 Å². The predicted molar refractivity (Wildman–Crippen MR) is 90.3 cm³/mol. The summed E-state index contributed by atoms with van der Waals surface area (Å²) < 4.78 is 6.53. The second-order valence-electron chi connectivity index (χ2n) is 5.32. The fourth-order valence-corrected chi connectivity index (χ4v) is 2.97.